The van der Waals surface area contributed by atoms with Gasteiger partial charge in [-0.05, 0) is 39.0 Å². The van der Waals surface area contributed by atoms with Gasteiger partial charge in [0.2, 0.25) is 0 Å². The summed E-state index contributed by atoms with van der Waals surface area (Å²) in [6.45, 7) is 6.44. The van der Waals surface area contributed by atoms with Gasteiger partial charge in [0, 0.05) is 22.8 Å². The number of nitrogens with zero attached hydrogens (tertiary/aromatic N) is 4. The van der Waals surface area contributed by atoms with E-state index in [1.807, 2.05) is 45.2 Å². The lowest BCUT2D eigenvalue weighted by Crippen LogP contribution is -2.34. The molecule has 3 rings (SSSR count). The maximum atomic E-state index is 11.6. The monoisotopic (exact) mass is 417 g/mol. The number of fused-ring (bicyclic) bond motifs is 1. The van der Waals surface area contributed by atoms with Crippen molar-refractivity contribution in [3.05, 3.63) is 41.3 Å². The molecule has 3 aromatic rings. The van der Waals surface area contributed by atoms with Gasteiger partial charge < -0.3 is 10.1 Å². The SMILES string of the molecule is CC(C)(C)OC(=O)NCCn1cc(-c2cnc3ccc(Br)cc3n2)cn1. The van der Waals surface area contributed by atoms with Crippen LogP contribution in [-0.4, -0.2) is 38.0 Å². The Balaban J connectivity index is 1.64. The molecule has 0 atom stereocenters. The molecule has 0 unspecified atom stereocenters. The fraction of sp³-hybridized carbons (Fsp3) is 0.333. The van der Waals surface area contributed by atoms with Gasteiger partial charge in [-0.1, -0.05) is 15.9 Å². The molecule has 7 nitrogen and oxygen atoms in total. The number of aromatic nitrogens is 4. The van der Waals surface area contributed by atoms with Crippen molar-refractivity contribution >= 4 is 33.1 Å². The molecule has 2 heterocycles. The molecule has 0 aliphatic heterocycles. The average molecular weight is 418 g/mol. The van der Waals surface area contributed by atoms with Crippen LogP contribution in [0.15, 0.2) is 41.3 Å². The van der Waals surface area contributed by atoms with E-state index in [0.29, 0.717) is 13.1 Å². The van der Waals surface area contributed by atoms with Crippen LogP contribution in [0.1, 0.15) is 20.8 Å². The average Bonchev–Trinajstić information content (AvgIpc) is 3.01. The van der Waals surface area contributed by atoms with Crippen molar-refractivity contribution in [1.29, 1.82) is 0 Å². The van der Waals surface area contributed by atoms with E-state index in [4.69, 9.17) is 4.74 Å². The summed E-state index contributed by atoms with van der Waals surface area (Å²) >= 11 is 3.45. The predicted octanol–water partition coefficient (Wildman–Crippen LogP) is 3.78. The van der Waals surface area contributed by atoms with Crippen molar-refractivity contribution in [2.24, 2.45) is 0 Å². The van der Waals surface area contributed by atoms with Crippen LogP contribution in [0.2, 0.25) is 0 Å². The van der Waals surface area contributed by atoms with Gasteiger partial charge in [-0.2, -0.15) is 5.10 Å². The van der Waals surface area contributed by atoms with E-state index in [1.165, 1.54) is 0 Å². The summed E-state index contributed by atoms with van der Waals surface area (Å²) in [5, 5.41) is 7.02. The molecule has 0 aliphatic rings. The fourth-order valence-electron chi connectivity index (χ4n) is 2.33. The smallest absolute Gasteiger partial charge is 0.407 e. The number of benzene rings is 1. The Labute approximate surface area is 159 Å². The van der Waals surface area contributed by atoms with Crippen molar-refractivity contribution in [2.75, 3.05) is 6.54 Å². The number of halogens is 1. The highest BCUT2D eigenvalue weighted by Gasteiger charge is 2.15. The Bertz CT molecular complexity index is 933. The van der Waals surface area contributed by atoms with Crippen LogP contribution in [0.4, 0.5) is 4.79 Å². The molecule has 0 fully saturated rings. The zero-order chi connectivity index (χ0) is 18.7. The summed E-state index contributed by atoms with van der Waals surface area (Å²) in [7, 11) is 0. The molecule has 0 saturated heterocycles. The number of ether oxygens (including phenoxy) is 1. The van der Waals surface area contributed by atoms with Crippen molar-refractivity contribution in [2.45, 2.75) is 32.9 Å². The summed E-state index contributed by atoms with van der Waals surface area (Å²) in [6, 6.07) is 5.79. The topological polar surface area (TPSA) is 81.9 Å². The molecule has 26 heavy (non-hydrogen) atoms. The van der Waals surface area contributed by atoms with Gasteiger partial charge in [-0.3, -0.25) is 9.67 Å². The summed E-state index contributed by atoms with van der Waals surface area (Å²) < 4.78 is 7.91. The number of carbonyl (C=O) groups excluding carboxylic acids is 1. The van der Waals surface area contributed by atoms with E-state index in [1.54, 1.807) is 17.1 Å². The van der Waals surface area contributed by atoms with Crippen molar-refractivity contribution < 1.29 is 9.53 Å². The molecule has 1 aromatic carbocycles. The predicted molar refractivity (Wildman–Crippen MR) is 103 cm³/mol. The van der Waals surface area contributed by atoms with Crippen molar-refractivity contribution in [1.82, 2.24) is 25.1 Å². The molecule has 0 aliphatic carbocycles. The van der Waals surface area contributed by atoms with Crippen LogP contribution >= 0.6 is 15.9 Å². The van der Waals surface area contributed by atoms with Crippen LogP contribution in [0, 0.1) is 0 Å². The van der Waals surface area contributed by atoms with Crippen LogP contribution in [0.3, 0.4) is 0 Å². The third-order valence-corrected chi connectivity index (χ3v) is 3.94. The van der Waals surface area contributed by atoms with Crippen LogP contribution in [0.25, 0.3) is 22.3 Å². The first-order chi connectivity index (χ1) is 12.3. The van der Waals surface area contributed by atoms with E-state index in [-0.39, 0.29) is 0 Å². The number of hydrogen-bond donors (Lipinski definition) is 1. The van der Waals surface area contributed by atoms with E-state index in [9.17, 15) is 4.79 Å². The lowest BCUT2D eigenvalue weighted by molar-refractivity contribution is 0.0525. The molecule has 1 amide bonds. The minimum atomic E-state index is -0.507. The van der Waals surface area contributed by atoms with Gasteiger partial charge in [0.15, 0.2) is 0 Å². The van der Waals surface area contributed by atoms with Crippen molar-refractivity contribution in [3.63, 3.8) is 0 Å². The van der Waals surface area contributed by atoms with Gasteiger partial charge in [-0.25, -0.2) is 9.78 Å². The number of carbonyl (C=O) groups is 1. The maximum Gasteiger partial charge on any atom is 0.407 e. The van der Waals surface area contributed by atoms with Gasteiger partial charge in [0.1, 0.15) is 5.60 Å². The van der Waals surface area contributed by atoms with E-state index < -0.39 is 11.7 Å². The molecule has 0 spiro atoms. The summed E-state index contributed by atoms with van der Waals surface area (Å²) in [6.07, 6.45) is 4.92. The molecule has 2 aromatic heterocycles. The van der Waals surface area contributed by atoms with Crippen LogP contribution < -0.4 is 5.32 Å². The number of nitrogens with one attached hydrogen (secondary N) is 1. The Morgan fingerprint density at radius 3 is 2.85 bits per heavy atom. The van der Waals surface area contributed by atoms with E-state index in [0.717, 1.165) is 26.8 Å². The molecule has 0 bridgehead atoms. The van der Waals surface area contributed by atoms with Gasteiger partial charge >= 0.3 is 6.09 Å². The Morgan fingerprint density at radius 2 is 2.08 bits per heavy atom. The van der Waals surface area contributed by atoms with E-state index >= 15 is 0 Å². The molecular weight excluding hydrogens is 398 g/mol. The highest BCUT2D eigenvalue weighted by Crippen LogP contribution is 2.21. The summed E-state index contributed by atoms with van der Waals surface area (Å²) in [5.41, 5.74) is 2.77. The highest BCUT2D eigenvalue weighted by molar-refractivity contribution is 9.10. The zero-order valence-electron chi connectivity index (χ0n) is 14.9. The number of hydrogen-bond acceptors (Lipinski definition) is 5. The largest absolute Gasteiger partial charge is 0.444 e. The van der Waals surface area contributed by atoms with Gasteiger partial charge in [0.05, 0.1) is 35.7 Å². The normalized spacial score (nSPS) is 11.5. The third-order valence-electron chi connectivity index (χ3n) is 3.44. The number of rotatable bonds is 4. The van der Waals surface area contributed by atoms with Crippen molar-refractivity contribution in [3.8, 4) is 11.3 Å². The minimum Gasteiger partial charge on any atom is -0.444 e. The van der Waals surface area contributed by atoms with Gasteiger partial charge in [-0.15, -0.1) is 0 Å². The molecule has 136 valence electrons. The lowest BCUT2D eigenvalue weighted by atomic mass is 10.2. The van der Waals surface area contributed by atoms with Gasteiger partial charge in [0.25, 0.3) is 0 Å². The first-order valence-corrected chi connectivity index (χ1v) is 9.01. The number of amides is 1. The lowest BCUT2D eigenvalue weighted by Gasteiger charge is -2.19. The summed E-state index contributed by atoms with van der Waals surface area (Å²) in [4.78, 5) is 20.7. The Morgan fingerprint density at radius 1 is 1.27 bits per heavy atom. The molecule has 0 radical (unpaired) electrons. The quantitative estimate of drug-likeness (QED) is 0.698. The highest BCUT2D eigenvalue weighted by atomic mass is 79.9. The van der Waals surface area contributed by atoms with E-state index in [2.05, 4.69) is 36.3 Å². The molecule has 1 N–H and O–H groups in total. The zero-order valence-corrected chi connectivity index (χ0v) is 16.4. The fourth-order valence-corrected chi connectivity index (χ4v) is 2.68. The molecule has 0 saturated carbocycles. The molecular formula is C18H20BrN5O2. The summed E-state index contributed by atoms with van der Waals surface area (Å²) in [5.74, 6) is 0. The first-order valence-electron chi connectivity index (χ1n) is 8.22. The van der Waals surface area contributed by atoms with Crippen LogP contribution in [0.5, 0.6) is 0 Å². The second-order valence-electron chi connectivity index (χ2n) is 6.81. The minimum absolute atomic E-state index is 0.423. The Hall–Kier alpha value is -2.48. The second kappa shape index (κ2) is 7.41. The maximum absolute atomic E-state index is 11.6. The van der Waals surface area contributed by atoms with Crippen LogP contribution in [-0.2, 0) is 11.3 Å². The standard InChI is InChI=1S/C18H20BrN5O2/c1-18(2,3)26-17(25)20-6-7-24-11-12(9-22-24)16-10-21-14-5-4-13(19)8-15(14)23-16/h4-5,8-11H,6-7H2,1-3H3,(H,20,25). The first kappa shape index (κ1) is 18.3. The second-order valence-corrected chi connectivity index (χ2v) is 7.72. The third kappa shape index (κ3) is 4.78. The molecule has 8 heteroatoms. The Kier molecular flexibility index (Phi) is 5.22. The number of alkyl carbamates (subject to hydrolysis) is 1.